The van der Waals surface area contributed by atoms with Crippen LogP contribution in [0.5, 0.6) is 0 Å². The molecule has 4 heteroatoms. The van der Waals surface area contributed by atoms with Crippen molar-refractivity contribution in [3.05, 3.63) is 48.0 Å². The number of hydrogen-bond acceptors (Lipinski definition) is 2. The van der Waals surface area contributed by atoms with Crippen molar-refractivity contribution >= 4 is 0 Å². The molecule has 1 aromatic heterocycles. The van der Waals surface area contributed by atoms with Crippen LogP contribution in [0.1, 0.15) is 5.69 Å². The summed E-state index contributed by atoms with van der Waals surface area (Å²) in [5.74, 6) is -0.306. The van der Waals surface area contributed by atoms with Gasteiger partial charge < -0.3 is 0 Å². The first-order chi connectivity index (χ1) is 6.81. The van der Waals surface area contributed by atoms with Gasteiger partial charge in [0.05, 0.1) is 11.9 Å². The maximum absolute atomic E-state index is 12.6. The van der Waals surface area contributed by atoms with Gasteiger partial charge in [0.2, 0.25) is 0 Å². The highest BCUT2D eigenvalue weighted by atomic mass is 19.1. The van der Waals surface area contributed by atoms with Crippen LogP contribution in [-0.2, 0) is 0 Å². The lowest BCUT2D eigenvalue weighted by molar-refractivity contribution is 0.627. The highest BCUT2D eigenvalue weighted by Crippen LogP contribution is 2.10. The molecular weight excluding hydrogens is 181 g/mol. The van der Waals surface area contributed by atoms with Crippen molar-refractivity contribution in [1.29, 1.82) is 5.26 Å². The highest BCUT2D eigenvalue weighted by Gasteiger charge is 2.02. The zero-order valence-electron chi connectivity index (χ0n) is 7.18. The van der Waals surface area contributed by atoms with Gasteiger partial charge in [-0.25, -0.2) is 9.07 Å². The van der Waals surface area contributed by atoms with Crippen LogP contribution in [-0.4, -0.2) is 9.78 Å². The van der Waals surface area contributed by atoms with E-state index in [1.165, 1.54) is 23.0 Å². The number of nitrogens with zero attached hydrogens (tertiary/aromatic N) is 3. The van der Waals surface area contributed by atoms with Gasteiger partial charge in [-0.1, -0.05) is 0 Å². The molecule has 0 bridgehead atoms. The smallest absolute Gasteiger partial charge is 0.144 e. The van der Waals surface area contributed by atoms with Crippen molar-refractivity contribution in [3.63, 3.8) is 0 Å². The summed E-state index contributed by atoms with van der Waals surface area (Å²) in [7, 11) is 0. The van der Waals surface area contributed by atoms with Crippen molar-refractivity contribution < 1.29 is 4.39 Å². The first-order valence-corrected chi connectivity index (χ1v) is 4.01. The molecule has 0 aliphatic carbocycles. The Morgan fingerprint density at radius 1 is 1.21 bits per heavy atom. The summed E-state index contributed by atoms with van der Waals surface area (Å²) in [5, 5.41) is 12.7. The zero-order chi connectivity index (χ0) is 9.97. The van der Waals surface area contributed by atoms with Gasteiger partial charge in [0.1, 0.15) is 17.6 Å². The van der Waals surface area contributed by atoms with Crippen LogP contribution in [0.2, 0.25) is 0 Å². The Bertz CT molecular complexity index is 479. The Kier molecular flexibility index (Phi) is 1.99. The molecule has 0 aliphatic heterocycles. The molecule has 0 amide bonds. The Labute approximate surface area is 80.0 Å². The minimum atomic E-state index is -0.306. The SMILES string of the molecule is N#Cc1ccnn1-c1ccc(F)cc1. The van der Waals surface area contributed by atoms with Gasteiger partial charge in [-0.15, -0.1) is 0 Å². The summed E-state index contributed by atoms with van der Waals surface area (Å²) in [6, 6.07) is 9.40. The molecule has 0 spiro atoms. The van der Waals surface area contributed by atoms with Crippen molar-refractivity contribution in [2.75, 3.05) is 0 Å². The summed E-state index contributed by atoms with van der Waals surface area (Å²) in [4.78, 5) is 0. The maximum atomic E-state index is 12.6. The van der Waals surface area contributed by atoms with Gasteiger partial charge in [-0.05, 0) is 30.3 Å². The van der Waals surface area contributed by atoms with E-state index in [0.717, 1.165) is 0 Å². The molecule has 68 valence electrons. The molecule has 0 radical (unpaired) electrons. The second-order valence-corrected chi connectivity index (χ2v) is 2.72. The molecule has 2 aromatic rings. The van der Waals surface area contributed by atoms with E-state index in [9.17, 15) is 4.39 Å². The molecule has 14 heavy (non-hydrogen) atoms. The number of hydrogen-bond donors (Lipinski definition) is 0. The molecule has 1 heterocycles. The Balaban J connectivity index is 2.50. The highest BCUT2D eigenvalue weighted by molar-refractivity contribution is 5.36. The van der Waals surface area contributed by atoms with Crippen LogP contribution in [0.4, 0.5) is 4.39 Å². The van der Waals surface area contributed by atoms with Crippen LogP contribution in [0.25, 0.3) is 5.69 Å². The number of aromatic nitrogens is 2. The fourth-order valence-corrected chi connectivity index (χ4v) is 1.18. The minimum Gasteiger partial charge on any atom is -0.223 e. The van der Waals surface area contributed by atoms with Gasteiger partial charge in [0, 0.05) is 0 Å². The second kappa shape index (κ2) is 3.30. The summed E-state index contributed by atoms with van der Waals surface area (Å²) in [6.07, 6.45) is 1.53. The lowest BCUT2D eigenvalue weighted by Crippen LogP contribution is -1.98. The predicted octanol–water partition coefficient (Wildman–Crippen LogP) is 1.88. The molecular formula is C10H6FN3. The van der Waals surface area contributed by atoms with E-state index in [-0.39, 0.29) is 5.82 Å². The average Bonchev–Trinajstić information content (AvgIpc) is 2.67. The van der Waals surface area contributed by atoms with E-state index in [4.69, 9.17) is 5.26 Å². The summed E-state index contributed by atoms with van der Waals surface area (Å²) >= 11 is 0. The van der Waals surface area contributed by atoms with Gasteiger partial charge in [-0.2, -0.15) is 10.4 Å². The number of rotatable bonds is 1. The number of nitriles is 1. The van der Waals surface area contributed by atoms with Crippen LogP contribution in [0, 0.1) is 17.1 Å². The predicted molar refractivity (Wildman–Crippen MR) is 48.2 cm³/mol. The fourth-order valence-electron chi connectivity index (χ4n) is 1.18. The van der Waals surface area contributed by atoms with E-state index in [1.807, 2.05) is 6.07 Å². The topological polar surface area (TPSA) is 41.6 Å². The van der Waals surface area contributed by atoms with E-state index in [0.29, 0.717) is 11.4 Å². The summed E-state index contributed by atoms with van der Waals surface area (Å²) in [6.45, 7) is 0. The Morgan fingerprint density at radius 2 is 1.93 bits per heavy atom. The van der Waals surface area contributed by atoms with Gasteiger partial charge in [0.15, 0.2) is 0 Å². The van der Waals surface area contributed by atoms with E-state index >= 15 is 0 Å². The summed E-state index contributed by atoms with van der Waals surface area (Å²) < 4.78 is 14.1. The lowest BCUT2D eigenvalue weighted by Gasteiger charge is -2.01. The largest absolute Gasteiger partial charge is 0.223 e. The quantitative estimate of drug-likeness (QED) is 0.684. The lowest BCUT2D eigenvalue weighted by atomic mass is 10.3. The molecule has 0 atom stereocenters. The van der Waals surface area contributed by atoms with Crippen LogP contribution < -0.4 is 0 Å². The monoisotopic (exact) mass is 187 g/mol. The first kappa shape index (κ1) is 8.45. The molecule has 0 saturated carbocycles. The van der Waals surface area contributed by atoms with Gasteiger partial charge in [-0.3, -0.25) is 0 Å². The third-order valence-corrected chi connectivity index (χ3v) is 1.83. The van der Waals surface area contributed by atoms with Crippen LogP contribution in [0.15, 0.2) is 36.5 Å². The van der Waals surface area contributed by atoms with Crippen LogP contribution in [0.3, 0.4) is 0 Å². The molecule has 0 N–H and O–H groups in total. The molecule has 1 aromatic carbocycles. The molecule has 2 rings (SSSR count). The molecule has 0 aliphatic rings. The van der Waals surface area contributed by atoms with Gasteiger partial charge >= 0.3 is 0 Å². The second-order valence-electron chi connectivity index (χ2n) is 2.72. The van der Waals surface area contributed by atoms with Crippen molar-refractivity contribution in [2.24, 2.45) is 0 Å². The van der Waals surface area contributed by atoms with Crippen molar-refractivity contribution in [1.82, 2.24) is 9.78 Å². The Morgan fingerprint density at radius 3 is 2.57 bits per heavy atom. The molecule has 0 fully saturated rings. The third-order valence-electron chi connectivity index (χ3n) is 1.83. The molecule has 0 saturated heterocycles. The average molecular weight is 187 g/mol. The van der Waals surface area contributed by atoms with Crippen LogP contribution >= 0.6 is 0 Å². The minimum absolute atomic E-state index is 0.306. The molecule has 3 nitrogen and oxygen atoms in total. The third kappa shape index (κ3) is 1.36. The van der Waals surface area contributed by atoms with Crippen molar-refractivity contribution in [3.8, 4) is 11.8 Å². The standard InChI is InChI=1S/C10H6FN3/c11-8-1-3-9(4-2-8)14-10(7-12)5-6-13-14/h1-6H. The maximum Gasteiger partial charge on any atom is 0.144 e. The van der Waals surface area contributed by atoms with E-state index in [1.54, 1.807) is 18.2 Å². The fraction of sp³-hybridized carbons (Fsp3) is 0. The van der Waals surface area contributed by atoms with E-state index < -0.39 is 0 Å². The first-order valence-electron chi connectivity index (χ1n) is 4.01. The van der Waals surface area contributed by atoms with Gasteiger partial charge in [0.25, 0.3) is 0 Å². The van der Waals surface area contributed by atoms with Crippen molar-refractivity contribution in [2.45, 2.75) is 0 Å². The number of benzene rings is 1. The number of halogens is 1. The molecule has 0 unspecified atom stereocenters. The zero-order valence-corrected chi connectivity index (χ0v) is 7.18. The Hall–Kier alpha value is -2.15. The van der Waals surface area contributed by atoms with E-state index in [2.05, 4.69) is 5.10 Å². The normalized spacial score (nSPS) is 9.71. The summed E-state index contributed by atoms with van der Waals surface area (Å²) in [5.41, 5.74) is 1.10.